The highest BCUT2D eigenvalue weighted by Crippen LogP contribution is 2.12. The fourth-order valence-electron chi connectivity index (χ4n) is 1.71. The maximum Gasteiger partial charge on any atom is 0.0178 e. The lowest BCUT2D eigenvalue weighted by atomic mass is 10.1. The van der Waals surface area contributed by atoms with Crippen molar-refractivity contribution in [2.45, 2.75) is 13.3 Å². The molecule has 0 saturated heterocycles. The first-order valence-corrected chi connectivity index (χ1v) is 6.54. The van der Waals surface area contributed by atoms with Crippen LogP contribution in [0.4, 0.5) is 0 Å². The molecule has 16 heavy (non-hydrogen) atoms. The van der Waals surface area contributed by atoms with Crippen molar-refractivity contribution in [3.63, 3.8) is 0 Å². The molecule has 1 aromatic carbocycles. The fourth-order valence-corrected chi connectivity index (χ4v) is 2.16. The van der Waals surface area contributed by atoms with Crippen LogP contribution in [0, 0.1) is 5.92 Å². The van der Waals surface area contributed by atoms with Crippen molar-refractivity contribution in [1.29, 1.82) is 0 Å². The maximum atomic E-state index is 5.61. The third-order valence-corrected chi connectivity index (χ3v) is 3.19. The molecule has 0 aliphatic rings. The summed E-state index contributed by atoms with van der Waals surface area (Å²) in [6.07, 6.45) is 1.09. The van der Waals surface area contributed by atoms with Crippen molar-refractivity contribution >= 4 is 15.9 Å². The highest BCUT2D eigenvalue weighted by molar-refractivity contribution is 9.10. The summed E-state index contributed by atoms with van der Waals surface area (Å²) < 4.78 is 1.16. The van der Waals surface area contributed by atoms with Gasteiger partial charge in [-0.3, -0.25) is 0 Å². The van der Waals surface area contributed by atoms with Crippen molar-refractivity contribution in [1.82, 2.24) is 4.90 Å². The number of likely N-dealkylation sites (N-methyl/N-ethyl adjacent to an activating group) is 1. The van der Waals surface area contributed by atoms with Gasteiger partial charge in [0.1, 0.15) is 0 Å². The van der Waals surface area contributed by atoms with E-state index in [9.17, 15) is 0 Å². The molecule has 0 amide bonds. The van der Waals surface area contributed by atoms with Crippen molar-refractivity contribution in [3.8, 4) is 0 Å². The molecule has 2 N–H and O–H groups in total. The molecule has 0 fully saturated rings. The van der Waals surface area contributed by atoms with Gasteiger partial charge in [-0.15, -0.1) is 0 Å². The van der Waals surface area contributed by atoms with E-state index in [1.807, 2.05) is 0 Å². The number of hydrogen-bond donors (Lipinski definition) is 1. The number of benzene rings is 1. The van der Waals surface area contributed by atoms with Crippen molar-refractivity contribution < 1.29 is 0 Å². The van der Waals surface area contributed by atoms with Gasteiger partial charge in [0.25, 0.3) is 0 Å². The summed E-state index contributed by atoms with van der Waals surface area (Å²) in [5, 5.41) is 0. The van der Waals surface area contributed by atoms with Gasteiger partial charge in [-0.05, 0) is 43.6 Å². The number of hydrogen-bond acceptors (Lipinski definition) is 2. The fraction of sp³-hybridized carbons (Fsp3) is 0.538. The van der Waals surface area contributed by atoms with Crippen molar-refractivity contribution in [2.24, 2.45) is 11.7 Å². The summed E-state index contributed by atoms with van der Waals surface area (Å²) in [7, 11) is 2.16. The first-order valence-electron chi connectivity index (χ1n) is 5.75. The van der Waals surface area contributed by atoms with E-state index in [2.05, 4.69) is 59.1 Å². The van der Waals surface area contributed by atoms with Crippen LogP contribution in [0.3, 0.4) is 0 Å². The topological polar surface area (TPSA) is 29.3 Å². The summed E-state index contributed by atoms with van der Waals surface area (Å²) in [5.41, 5.74) is 6.99. The summed E-state index contributed by atoms with van der Waals surface area (Å²) in [5.74, 6) is 0.576. The Labute approximate surface area is 107 Å². The van der Waals surface area contributed by atoms with E-state index in [-0.39, 0.29) is 0 Å². The number of rotatable bonds is 6. The maximum absolute atomic E-state index is 5.61. The van der Waals surface area contributed by atoms with Crippen LogP contribution in [0.5, 0.6) is 0 Å². The smallest absolute Gasteiger partial charge is 0.0178 e. The number of halogens is 1. The Hall–Kier alpha value is -0.380. The Balaban J connectivity index is 2.34. The van der Waals surface area contributed by atoms with Gasteiger partial charge >= 0.3 is 0 Å². The Bertz CT molecular complexity index is 315. The standard InChI is InChI=1S/C13H21BrN2/c1-11(9-15)10-16(2)7-6-12-4-3-5-13(14)8-12/h3-5,8,11H,6-7,9-10,15H2,1-2H3. The average Bonchev–Trinajstić information content (AvgIpc) is 2.26. The molecule has 1 aromatic rings. The zero-order valence-corrected chi connectivity index (χ0v) is 11.7. The van der Waals surface area contributed by atoms with Crippen LogP contribution in [0.1, 0.15) is 12.5 Å². The van der Waals surface area contributed by atoms with Gasteiger partial charge in [-0.2, -0.15) is 0 Å². The van der Waals surface area contributed by atoms with E-state index in [1.165, 1.54) is 5.56 Å². The molecule has 0 aliphatic heterocycles. The third kappa shape index (κ3) is 5.10. The molecule has 0 radical (unpaired) electrons. The molecule has 0 aromatic heterocycles. The summed E-state index contributed by atoms with van der Waals surface area (Å²) in [6, 6.07) is 8.50. The predicted molar refractivity (Wildman–Crippen MR) is 73.6 cm³/mol. The second-order valence-corrected chi connectivity index (χ2v) is 5.40. The van der Waals surface area contributed by atoms with Crippen LogP contribution >= 0.6 is 15.9 Å². The summed E-state index contributed by atoms with van der Waals surface area (Å²) >= 11 is 3.49. The van der Waals surface area contributed by atoms with Gasteiger partial charge in [0, 0.05) is 17.6 Å². The second kappa shape index (κ2) is 7.05. The van der Waals surface area contributed by atoms with E-state index >= 15 is 0 Å². The van der Waals surface area contributed by atoms with Crippen LogP contribution in [-0.2, 0) is 6.42 Å². The molecule has 90 valence electrons. The minimum Gasteiger partial charge on any atom is -0.330 e. The zero-order chi connectivity index (χ0) is 12.0. The first kappa shape index (κ1) is 13.7. The van der Waals surface area contributed by atoms with E-state index < -0.39 is 0 Å². The van der Waals surface area contributed by atoms with E-state index in [0.717, 1.165) is 30.5 Å². The second-order valence-electron chi connectivity index (χ2n) is 4.48. The van der Waals surface area contributed by atoms with Crippen molar-refractivity contribution in [2.75, 3.05) is 26.7 Å². The molecular formula is C13H21BrN2. The molecule has 1 rings (SSSR count). The lowest BCUT2D eigenvalue weighted by Crippen LogP contribution is -2.29. The molecule has 0 saturated carbocycles. The van der Waals surface area contributed by atoms with Crippen LogP contribution in [-0.4, -0.2) is 31.6 Å². The lowest BCUT2D eigenvalue weighted by Gasteiger charge is -2.20. The molecule has 2 nitrogen and oxygen atoms in total. The molecule has 0 heterocycles. The number of nitrogens with two attached hydrogens (primary N) is 1. The Kier molecular flexibility index (Phi) is 6.03. The van der Waals surface area contributed by atoms with Crippen LogP contribution in [0.2, 0.25) is 0 Å². The monoisotopic (exact) mass is 284 g/mol. The highest BCUT2D eigenvalue weighted by atomic mass is 79.9. The van der Waals surface area contributed by atoms with E-state index in [4.69, 9.17) is 5.73 Å². The first-order chi connectivity index (χ1) is 7.61. The highest BCUT2D eigenvalue weighted by Gasteiger charge is 2.04. The van der Waals surface area contributed by atoms with E-state index in [1.54, 1.807) is 0 Å². The minimum atomic E-state index is 0.576. The van der Waals surface area contributed by atoms with Crippen LogP contribution in [0.15, 0.2) is 28.7 Å². The third-order valence-electron chi connectivity index (χ3n) is 2.70. The molecule has 0 bridgehead atoms. The quantitative estimate of drug-likeness (QED) is 0.870. The van der Waals surface area contributed by atoms with Gasteiger partial charge in [-0.1, -0.05) is 35.0 Å². The van der Waals surface area contributed by atoms with Crippen molar-refractivity contribution in [3.05, 3.63) is 34.3 Å². The van der Waals surface area contributed by atoms with Gasteiger partial charge in [0.05, 0.1) is 0 Å². The Morgan fingerprint density at radius 1 is 1.44 bits per heavy atom. The van der Waals surface area contributed by atoms with Gasteiger partial charge in [-0.25, -0.2) is 0 Å². The molecule has 3 heteroatoms. The number of nitrogens with zero attached hydrogens (tertiary/aromatic N) is 1. The average molecular weight is 285 g/mol. The van der Waals surface area contributed by atoms with Gasteiger partial charge in [0.15, 0.2) is 0 Å². The van der Waals surface area contributed by atoms with Crippen LogP contribution in [0.25, 0.3) is 0 Å². The molecular weight excluding hydrogens is 264 g/mol. The van der Waals surface area contributed by atoms with Gasteiger partial charge in [0.2, 0.25) is 0 Å². The normalized spacial score (nSPS) is 13.1. The minimum absolute atomic E-state index is 0.576. The van der Waals surface area contributed by atoms with E-state index in [0.29, 0.717) is 5.92 Å². The lowest BCUT2D eigenvalue weighted by molar-refractivity contribution is 0.292. The molecule has 0 spiro atoms. The summed E-state index contributed by atoms with van der Waals surface area (Å²) in [4.78, 5) is 2.35. The predicted octanol–water partition coefficient (Wildman–Crippen LogP) is 2.52. The summed E-state index contributed by atoms with van der Waals surface area (Å²) in [6.45, 7) is 5.11. The molecule has 1 atom stereocenters. The SMILES string of the molecule is CC(CN)CN(C)CCc1cccc(Br)c1. The Morgan fingerprint density at radius 3 is 2.81 bits per heavy atom. The largest absolute Gasteiger partial charge is 0.330 e. The van der Waals surface area contributed by atoms with Gasteiger partial charge < -0.3 is 10.6 Å². The molecule has 1 unspecified atom stereocenters. The van der Waals surface area contributed by atoms with Crippen LogP contribution < -0.4 is 5.73 Å². The molecule has 0 aliphatic carbocycles. The zero-order valence-electron chi connectivity index (χ0n) is 10.1. The Morgan fingerprint density at radius 2 is 2.19 bits per heavy atom.